The highest BCUT2D eigenvalue weighted by molar-refractivity contribution is 5.89. The van der Waals surface area contributed by atoms with Crippen molar-refractivity contribution in [2.45, 2.75) is 58.5 Å². The number of carbonyl (C=O) groups is 2. The summed E-state index contributed by atoms with van der Waals surface area (Å²) in [5.74, 6) is 0.0786. The van der Waals surface area contributed by atoms with E-state index in [0.717, 1.165) is 38.8 Å². The van der Waals surface area contributed by atoms with Gasteiger partial charge in [-0.15, -0.1) is 12.4 Å². The zero-order valence-electron chi connectivity index (χ0n) is 13.2. The van der Waals surface area contributed by atoms with Crippen molar-refractivity contribution in [2.75, 3.05) is 13.1 Å². The van der Waals surface area contributed by atoms with E-state index in [2.05, 4.69) is 16.0 Å². The van der Waals surface area contributed by atoms with Crippen molar-refractivity contribution in [3.8, 4) is 0 Å². The average Bonchev–Trinajstić information content (AvgIpc) is 3.12. The molecule has 1 heterocycles. The molecule has 5 nitrogen and oxygen atoms in total. The van der Waals surface area contributed by atoms with Crippen LogP contribution in [0.15, 0.2) is 0 Å². The normalized spacial score (nSPS) is 25.4. The quantitative estimate of drug-likeness (QED) is 0.714. The van der Waals surface area contributed by atoms with Gasteiger partial charge in [0.05, 0.1) is 0 Å². The average molecular weight is 318 g/mol. The second-order valence-electron chi connectivity index (χ2n) is 6.42. The van der Waals surface area contributed by atoms with Crippen LogP contribution in [0.2, 0.25) is 0 Å². The molecule has 2 fully saturated rings. The lowest BCUT2D eigenvalue weighted by Gasteiger charge is -2.24. The summed E-state index contributed by atoms with van der Waals surface area (Å²) in [5, 5.41) is 9.10. The summed E-state index contributed by atoms with van der Waals surface area (Å²) in [6, 6.07) is -0.297. The zero-order chi connectivity index (χ0) is 14.8. The summed E-state index contributed by atoms with van der Waals surface area (Å²) in [7, 11) is 0. The molecule has 1 aliphatic carbocycles. The van der Waals surface area contributed by atoms with Gasteiger partial charge in [0.25, 0.3) is 0 Å². The van der Waals surface area contributed by atoms with Crippen molar-refractivity contribution >= 4 is 24.2 Å². The van der Waals surface area contributed by atoms with Crippen molar-refractivity contribution in [3.05, 3.63) is 0 Å². The molecule has 3 atom stereocenters. The van der Waals surface area contributed by atoms with E-state index in [9.17, 15) is 9.59 Å². The van der Waals surface area contributed by atoms with Crippen molar-refractivity contribution in [2.24, 2.45) is 11.3 Å². The minimum atomic E-state index is -0.448. The molecular formula is C15H28ClN3O2. The second kappa shape index (κ2) is 7.45. The van der Waals surface area contributed by atoms with Gasteiger partial charge in [-0.1, -0.05) is 6.92 Å². The van der Waals surface area contributed by atoms with Gasteiger partial charge < -0.3 is 16.0 Å². The zero-order valence-corrected chi connectivity index (χ0v) is 14.0. The third-order valence-electron chi connectivity index (χ3n) is 4.86. The van der Waals surface area contributed by atoms with E-state index in [1.807, 2.05) is 13.8 Å². The highest BCUT2D eigenvalue weighted by atomic mass is 35.5. The molecule has 0 bridgehead atoms. The number of piperidine rings is 1. The predicted octanol–water partition coefficient (Wildman–Crippen LogP) is 1.22. The Morgan fingerprint density at radius 1 is 1.24 bits per heavy atom. The number of halogens is 1. The Balaban J connectivity index is 0.00000220. The van der Waals surface area contributed by atoms with Crippen LogP contribution in [-0.4, -0.2) is 37.0 Å². The van der Waals surface area contributed by atoms with Crippen LogP contribution in [0, 0.1) is 11.3 Å². The molecule has 1 saturated heterocycles. The molecule has 21 heavy (non-hydrogen) atoms. The van der Waals surface area contributed by atoms with Gasteiger partial charge in [-0.05, 0) is 58.0 Å². The van der Waals surface area contributed by atoms with Crippen molar-refractivity contribution < 1.29 is 9.59 Å². The summed E-state index contributed by atoms with van der Waals surface area (Å²) in [6.07, 6.45) is 4.04. The van der Waals surface area contributed by atoms with E-state index >= 15 is 0 Å². The van der Waals surface area contributed by atoms with Crippen LogP contribution in [0.5, 0.6) is 0 Å². The molecule has 1 spiro atoms. The second-order valence-corrected chi connectivity index (χ2v) is 6.42. The van der Waals surface area contributed by atoms with Crippen LogP contribution in [-0.2, 0) is 9.59 Å². The molecule has 0 aromatic rings. The highest BCUT2D eigenvalue weighted by Gasteiger charge is 2.57. The van der Waals surface area contributed by atoms with Crippen LogP contribution in [0.4, 0.5) is 0 Å². The first-order chi connectivity index (χ1) is 9.48. The Hall–Kier alpha value is -0.810. The van der Waals surface area contributed by atoms with Crippen molar-refractivity contribution in [3.63, 3.8) is 0 Å². The lowest BCUT2D eigenvalue weighted by molar-refractivity contribution is -0.130. The summed E-state index contributed by atoms with van der Waals surface area (Å²) < 4.78 is 0. The van der Waals surface area contributed by atoms with E-state index in [1.165, 1.54) is 0 Å². The van der Waals surface area contributed by atoms with Gasteiger partial charge in [-0.25, -0.2) is 0 Å². The van der Waals surface area contributed by atoms with Crippen molar-refractivity contribution in [1.82, 2.24) is 16.0 Å². The number of amides is 2. The predicted molar refractivity (Wildman–Crippen MR) is 85.4 cm³/mol. The summed E-state index contributed by atoms with van der Waals surface area (Å²) >= 11 is 0. The first-order valence-corrected chi connectivity index (χ1v) is 7.80. The first-order valence-electron chi connectivity index (χ1n) is 7.80. The lowest BCUT2D eigenvalue weighted by atomic mass is 9.91. The monoisotopic (exact) mass is 317 g/mol. The molecule has 0 radical (unpaired) electrons. The molecule has 2 rings (SSSR count). The number of hydrogen-bond donors (Lipinski definition) is 3. The molecule has 0 aromatic carbocycles. The molecule has 0 aromatic heterocycles. The topological polar surface area (TPSA) is 70.2 Å². The Labute approximate surface area is 133 Å². The van der Waals surface area contributed by atoms with Crippen LogP contribution in [0.3, 0.4) is 0 Å². The van der Waals surface area contributed by atoms with E-state index in [1.54, 1.807) is 6.92 Å². The number of nitrogens with one attached hydrogen (secondary N) is 3. The number of carbonyl (C=O) groups excluding carboxylic acids is 2. The van der Waals surface area contributed by atoms with Gasteiger partial charge in [0.2, 0.25) is 11.8 Å². The fourth-order valence-electron chi connectivity index (χ4n) is 3.05. The Bertz CT molecular complexity index is 383. The molecule has 1 aliphatic heterocycles. The van der Waals surface area contributed by atoms with E-state index in [0.29, 0.717) is 0 Å². The van der Waals surface area contributed by atoms with E-state index in [4.69, 9.17) is 0 Å². The van der Waals surface area contributed by atoms with Crippen LogP contribution < -0.4 is 16.0 Å². The van der Waals surface area contributed by atoms with E-state index in [-0.39, 0.29) is 41.6 Å². The van der Waals surface area contributed by atoms with Crippen LogP contribution in [0.25, 0.3) is 0 Å². The van der Waals surface area contributed by atoms with Gasteiger partial charge in [-0.3, -0.25) is 9.59 Å². The van der Waals surface area contributed by atoms with Gasteiger partial charge >= 0.3 is 0 Å². The smallest absolute Gasteiger partial charge is 0.242 e. The molecule has 1 saturated carbocycles. The van der Waals surface area contributed by atoms with Crippen molar-refractivity contribution in [1.29, 1.82) is 0 Å². The fraction of sp³-hybridized carbons (Fsp3) is 0.867. The molecule has 2 aliphatic rings. The fourth-order valence-corrected chi connectivity index (χ4v) is 3.05. The largest absolute Gasteiger partial charge is 0.352 e. The standard InChI is InChI=1S/C15H27N3O2.ClH/c1-4-10(2)17-13(19)11(3)18-14(20)12-9-15(12)5-7-16-8-6-15;/h10-12,16H,4-9H2,1-3H3,(H,17,19)(H,18,20);1H. The minimum absolute atomic E-state index is 0. The number of hydrogen-bond acceptors (Lipinski definition) is 3. The Morgan fingerprint density at radius 3 is 2.43 bits per heavy atom. The molecule has 3 N–H and O–H groups in total. The minimum Gasteiger partial charge on any atom is -0.352 e. The molecule has 3 unspecified atom stereocenters. The lowest BCUT2D eigenvalue weighted by Crippen LogP contribution is -2.48. The highest BCUT2D eigenvalue weighted by Crippen LogP contribution is 2.58. The third-order valence-corrected chi connectivity index (χ3v) is 4.86. The summed E-state index contributed by atoms with van der Waals surface area (Å²) in [6.45, 7) is 7.77. The molecule has 6 heteroatoms. The maximum Gasteiger partial charge on any atom is 0.242 e. The maximum absolute atomic E-state index is 12.2. The van der Waals surface area contributed by atoms with Gasteiger partial charge in [-0.2, -0.15) is 0 Å². The molecule has 2 amide bonds. The first kappa shape index (κ1) is 18.2. The molecule has 122 valence electrons. The SMILES string of the molecule is CCC(C)NC(=O)C(C)NC(=O)C1CC12CCNCC2.Cl. The number of rotatable bonds is 5. The van der Waals surface area contributed by atoms with E-state index < -0.39 is 6.04 Å². The summed E-state index contributed by atoms with van der Waals surface area (Å²) in [5.41, 5.74) is 0.224. The molecular weight excluding hydrogens is 290 g/mol. The Morgan fingerprint density at radius 2 is 1.86 bits per heavy atom. The van der Waals surface area contributed by atoms with Crippen LogP contribution >= 0.6 is 12.4 Å². The summed E-state index contributed by atoms with van der Waals surface area (Å²) in [4.78, 5) is 24.2. The van der Waals surface area contributed by atoms with Gasteiger partial charge in [0, 0.05) is 12.0 Å². The van der Waals surface area contributed by atoms with Gasteiger partial charge in [0.1, 0.15) is 6.04 Å². The van der Waals surface area contributed by atoms with Crippen LogP contribution in [0.1, 0.15) is 46.5 Å². The van der Waals surface area contributed by atoms with Gasteiger partial charge in [0.15, 0.2) is 0 Å². The maximum atomic E-state index is 12.2. The Kier molecular flexibility index (Phi) is 6.47. The third kappa shape index (κ3) is 4.33.